The SMILES string of the molecule is C#CC(C)(C)S(=O)Oc1ccccc1. The van der Waals surface area contributed by atoms with Crippen molar-refractivity contribution in [1.82, 2.24) is 0 Å². The van der Waals surface area contributed by atoms with Gasteiger partial charge in [0.15, 0.2) is 0 Å². The standard InChI is InChI=1S/C11H12O2S/c1-4-11(2,3)14(12)13-10-8-6-5-7-9-10/h1,5-9H,2-3H3. The van der Waals surface area contributed by atoms with Crippen LogP contribution in [0, 0.1) is 12.3 Å². The normalized spacial score (nSPS) is 12.9. The minimum absolute atomic E-state index is 0.564. The number of terminal acetylenes is 1. The molecule has 0 fully saturated rings. The number of rotatable bonds is 3. The van der Waals surface area contributed by atoms with Crippen LogP contribution in [0.25, 0.3) is 0 Å². The van der Waals surface area contributed by atoms with E-state index < -0.39 is 15.8 Å². The highest BCUT2D eigenvalue weighted by Gasteiger charge is 2.25. The van der Waals surface area contributed by atoms with Crippen molar-refractivity contribution in [3.8, 4) is 18.1 Å². The Hall–Kier alpha value is -1.27. The average molecular weight is 208 g/mol. The summed E-state index contributed by atoms with van der Waals surface area (Å²) in [6, 6.07) is 8.97. The van der Waals surface area contributed by atoms with Crippen LogP contribution >= 0.6 is 0 Å². The summed E-state index contributed by atoms with van der Waals surface area (Å²) >= 11 is -1.52. The Morgan fingerprint density at radius 3 is 2.43 bits per heavy atom. The predicted octanol–water partition coefficient (Wildman–Crippen LogP) is 2.14. The second-order valence-electron chi connectivity index (χ2n) is 3.29. The molecule has 1 atom stereocenters. The van der Waals surface area contributed by atoms with Crippen LogP contribution in [-0.4, -0.2) is 8.96 Å². The van der Waals surface area contributed by atoms with Gasteiger partial charge in [-0.15, -0.1) is 6.42 Å². The minimum atomic E-state index is -1.52. The van der Waals surface area contributed by atoms with Crippen molar-refractivity contribution in [3.63, 3.8) is 0 Å². The van der Waals surface area contributed by atoms with Crippen LogP contribution in [0.5, 0.6) is 5.75 Å². The molecule has 1 aromatic carbocycles. The molecule has 0 amide bonds. The van der Waals surface area contributed by atoms with Crippen molar-refractivity contribution in [3.05, 3.63) is 30.3 Å². The summed E-state index contributed by atoms with van der Waals surface area (Å²) in [5.74, 6) is 3.00. The molecule has 2 nitrogen and oxygen atoms in total. The van der Waals surface area contributed by atoms with E-state index in [2.05, 4.69) is 5.92 Å². The predicted molar refractivity (Wildman–Crippen MR) is 58.1 cm³/mol. The molecule has 0 aromatic heterocycles. The fourth-order valence-corrected chi connectivity index (χ4v) is 1.31. The second kappa shape index (κ2) is 4.30. The van der Waals surface area contributed by atoms with Crippen molar-refractivity contribution in [2.24, 2.45) is 0 Å². The monoisotopic (exact) mass is 208 g/mol. The molecule has 0 radical (unpaired) electrons. The highest BCUT2D eigenvalue weighted by Crippen LogP contribution is 2.17. The Kier molecular flexibility index (Phi) is 3.32. The molecule has 0 aliphatic heterocycles. The lowest BCUT2D eigenvalue weighted by Crippen LogP contribution is -2.27. The summed E-state index contributed by atoms with van der Waals surface area (Å²) < 4.78 is 16.0. The topological polar surface area (TPSA) is 26.3 Å². The van der Waals surface area contributed by atoms with Gasteiger partial charge in [-0.25, -0.2) is 4.21 Å². The summed E-state index contributed by atoms with van der Waals surface area (Å²) in [6.07, 6.45) is 5.24. The van der Waals surface area contributed by atoms with E-state index in [0.29, 0.717) is 5.75 Å². The lowest BCUT2D eigenvalue weighted by molar-refractivity contribution is 0.542. The Labute approximate surface area is 87.0 Å². The summed E-state index contributed by atoms with van der Waals surface area (Å²) in [5.41, 5.74) is 0. The maximum Gasteiger partial charge on any atom is 0.224 e. The highest BCUT2D eigenvalue weighted by molar-refractivity contribution is 7.82. The third-order valence-electron chi connectivity index (χ3n) is 1.68. The zero-order chi connectivity index (χ0) is 10.6. The molecule has 0 aliphatic rings. The van der Waals surface area contributed by atoms with Gasteiger partial charge in [-0.05, 0) is 26.0 Å². The Morgan fingerprint density at radius 2 is 1.93 bits per heavy atom. The fourth-order valence-electron chi connectivity index (χ4n) is 0.716. The summed E-state index contributed by atoms with van der Waals surface area (Å²) in [5, 5.41) is 0. The first-order valence-corrected chi connectivity index (χ1v) is 5.27. The van der Waals surface area contributed by atoms with Crippen molar-refractivity contribution < 1.29 is 8.39 Å². The van der Waals surface area contributed by atoms with Crippen LogP contribution in [0.3, 0.4) is 0 Å². The quantitative estimate of drug-likeness (QED) is 0.711. The first-order valence-electron chi connectivity index (χ1n) is 4.19. The van der Waals surface area contributed by atoms with E-state index in [0.717, 1.165) is 0 Å². The van der Waals surface area contributed by atoms with Gasteiger partial charge in [-0.2, -0.15) is 0 Å². The summed E-state index contributed by atoms with van der Waals surface area (Å²) in [4.78, 5) is 0. The first-order chi connectivity index (χ1) is 6.56. The fraction of sp³-hybridized carbons (Fsp3) is 0.273. The zero-order valence-electron chi connectivity index (χ0n) is 8.19. The van der Waals surface area contributed by atoms with Gasteiger partial charge in [0.1, 0.15) is 10.5 Å². The molecular weight excluding hydrogens is 196 g/mol. The summed E-state index contributed by atoms with van der Waals surface area (Å²) in [7, 11) is 0. The molecule has 0 saturated heterocycles. The molecular formula is C11H12O2S. The van der Waals surface area contributed by atoms with E-state index >= 15 is 0 Å². The van der Waals surface area contributed by atoms with Crippen molar-refractivity contribution in [2.75, 3.05) is 0 Å². The molecule has 0 aliphatic carbocycles. The van der Waals surface area contributed by atoms with Crippen LogP contribution in [-0.2, 0) is 11.1 Å². The number of para-hydroxylation sites is 1. The minimum Gasteiger partial charge on any atom is -0.399 e. The van der Waals surface area contributed by atoms with Gasteiger partial charge in [0.25, 0.3) is 0 Å². The third kappa shape index (κ3) is 2.61. The molecule has 74 valence electrons. The zero-order valence-corrected chi connectivity index (χ0v) is 9.01. The molecule has 1 rings (SSSR count). The van der Waals surface area contributed by atoms with E-state index in [9.17, 15) is 4.21 Å². The number of hydrogen-bond donors (Lipinski definition) is 0. The van der Waals surface area contributed by atoms with E-state index in [1.165, 1.54) is 0 Å². The molecule has 0 bridgehead atoms. The largest absolute Gasteiger partial charge is 0.399 e. The van der Waals surface area contributed by atoms with Gasteiger partial charge in [-0.3, -0.25) is 0 Å². The Balaban J connectivity index is 2.73. The van der Waals surface area contributed by atoms with Gasteiger partial charge in [0.2, 0.25) is 11.1 Å². The number of benzene rings is 1. The van der Waals surface area contributed by atoms with Gasteiger partial charge in [0, 0.05) is 0 Å². The Bertz CT molecular complexity index is 363. The lowest BCUT2D eigenvalue weighted by Gasteiger charge is -2.16. The molecule has 1 unspecified atom stereocenters. The summed E-state index contributed by atoms with van der Waals surface area (Å²) in [6.45, 7) is 3.40. The van der Waals surface area contributed by atoms with Crippen LogP contribution < -0.4 is 4.18 Å². The van der Waals surface area contributed by atoms with Gasteiger partial charge in [-0.1, -0.05) is 24.1 Å². The second-order valence-corrected chi connectivity index (χ2v) is 4.94. The average Bonchev–Trinajstić information content (AvgIpc) is 2.19. The molecule has 0 heterocycles. The molecule has 14 heavy (non-hydrogen) atoms. The van der Waals surface area contributed by atoms with E-state index in [1.807, 2.05) is 18.2 Å². The smallest absolute Gasteiger partial charge is 0.224 e. The van der Waals surface area contributed by atoms with Gasteiger partial charge >= 0.3 is 0 Å². The lowest BCUT2D eigenvalue weighted by atomic mass is 10.2. The Morgan fingerprint density at radius 1 is 1.36 bits per heavy atom. The number of hydrogen-bond acceptors (Lipinski definition) is 2. The maximum atomic E-state index is 11.6. The van der Waals surface area contributed by atoms with Crippen molar-refractivity contribution >= 4 is 11.1 Å². The molecule has 0 spiro atoms. The molecule has 0 N–H and O–H groups in total. The van der Waals surface area contributed by atoms with Crippen molar-refractivity contribution in [1.29, 1.82) is 0 Å². The van der Waals surface area contributed by atoms with Crippen LogP contribution in [0.1, 0.15) is 13.8 Å². The van der Waals surface area contributed by atoms with Crippen LogP contribution in [0.4, 0.5) is 0 Å². The highest BCUT2D eigenvalue weighted by atomic mass is 32.2. The van der Waals surface area contributed by atoms with Gasteiger partial charge in [0.05, 0.1) is 0 Å². The molecule has 1 aromatic rings. The third-order valence-corrected chi connectivity index (χ3v) is 2.97. The molecule has 0 saturated carbocycles. The van der Waals surface area contributed by atoms with Gasteiger partial charge < -0.3 is 4.18 Å². The van der Waals surface area contributed by atoms with Crippen molar-refractivity contribution in [2.45, 2.75) is 18.6 Å². The maximum absolute atomic E-state index is 11.6. The van der Waals surface area contributed by atoms with E-state index in [1.54, 1.807) is 26.0 Å². The van der Waals surface area contributed by atoms with Crippen LogP contribution in [0.15, 0.2) is 30.3 Å². The molecule has 3 heteroatoms. The first kappa shape index (κ1) is 10.8. The van der Waals surface area contributed by atoms with E-state index in [4.69, 9.17) is 10.6 Å². The van der Waals surface area contributed by atoms with E-state index in [-0.39, 0.29) is 0 Å². The van der Waals surface area contributed by atoms with Crippen LogP contribution in [0.2, 0.25) is 0 Å².